The number of aryl methyl sites for hydroxylation is 2. The molecule has 0 radical (unpaired) electrons. The molecule has 0 N–H and O–H groups in total. The molecule has 0 spiro atoms. The number of aromatic nitrogens is 1. The van der Waals surface area contributed by atoms with Gasteiger partial charge in [0, 0.05) is 13.6 Å². The molecule has 0 fully saturated rings. The van der Waals surface area contributed by atoms with Crippen LogP contribution in [-0.2, 0) is 0 Å². The first kappa shape index (κ1) is 17.3. The molecule has 0 amide bonds. The molecule has 0 aliphatic heterocycles. The standard InChI is InChI=1S/C16H17ClN4OS/c1-5-21(4)9-19-12-6-11(3)14(7-10(12)2)22-16-20-13(8-18)15(17)23-16/h6-7,9H,5H2,1-4H3/b19-9+. The number of rotatable bonds is 5. The predicted molar refractivity (Wildman–Crippen MR) is 94.3 cm³/mol. The molecule has 0 atom stereocenters. The number of benzene rings is 1. The van der Waals surface area contributed by atoms with Gasteiger partial charge in [0.25, 0.3) is 5.19 Å². The van der Waals surface area contributed by atoms with Crippen LogP contribution in [0.1, 0.15) is 23.7 Å². The molecule has 0 aliphatic rings. The van der Waals surface area contributed by atoms with E-state index >= 15 is 0 Å². The molecule has 7 heteroatoms. The van der Waals surface area contributed by atoms with Crippen molar-refractivity contribution in [1.29, 1.82) is 5.26 Å². The van der Waals surface area contributed by atoms with Crippen molar-refractivity contribution in [3.63, 3.8) is 0 Å². The van der Waals surface area contributed by atoms with Crippen LogP contribution in [0.15, 0.2) is 17.1 Å². The molecule has 2 rings (SSSR count). The molecule has 1 aromatic heterocycles. The monoisotopic (exact) mass is 348 g/mol. The van der Waals surface area contributed by atoms with Crippen molar-refractivity contribution in [3.05, 3.63) is 33.3 Å². The number of hydrogen-bond donors (Lipinski definition) is 0. The van der Waals surface area contributed by atoms with Gasteiger partial charge in [0.05, 0.1) is 12.0 Å². The van der Waals surface area contributed by atoms with Crippen molar-refractivity contribution < 1.29 is 4.74 Å². The van der Waals surface area contributed by atoms with E-state index in [0.29, 0.717) is 15.3 Å². The second-order valence-electron chi connectivity index (χ2n) is 5.04. The van der Waals surface area contributed by atoms with Crippen LogP contribution in [0.5, 0.6) is 10.9 Å². The maximum Gasteiger partial charge on any atom is 0.281 e. The Hall–Kier alpha value is -2.10. The van der Waals surface area contributed by atoms with Crippen molar-refractivity contribution in [2.24, 2.45) is 4.99 Å². The van der Waals surface area contributed by atoms with Gasteiger partial charge in [0.2, 0.25) is 0 Å². The fourth-order valence-corrected chi connectivity index (χ4v) is 2.65. The van der Waals surface area contributed by atoms with E-state index in [9.17, 15) is 0 Å². The molecule has 0 aliphatic carbocycles. The average Bonchev–Trinajstić information content (AvgIpc) is 2.88. The minimum atomic E-state index is 0.185. The fourth-order valence-electron chi connectivity index (χ4n) is 1.76. The lowest BCUT2D eigenvalue weighted by Crippen LogP contribution is -2.14. The maximum atomic E-state index is 8.89. The Labute approximate surface area is 144 Å². The zero-order chi connectivity index (χ0) is 17.0. The third-order valence-corrected chi connectivity index (χ3v) is 4.39. The third-order valence-electron chi connectivity index (χ3n) is 3.26. The summed E-state index contributed by atoms with van der Waals surface area (Å²) in [5, 5.41) is 9.25. The molecule has 23 heavy (non-hydrogen) atoms. The summed E-state index contributed by atoms with van der Waals surface area (Å²) in [6.07, 6.45) is 1.81. The van der Waals surface area contributed by atoms with Crippen LogP contribution in [0.3, 0.4) is 0 Å². The number of thiazole rings is 1. The Morgan fingerprint density at radius 1 is 1.43 bits per heavy atom. The highest BCUT2D eigenvalue weighted by atomic mass is 35.5. The zero-order valence-electron chi connectivity index (χ0n) is 13.4. The van der Waals surface area contributed by atoms with Gasteiger partial charge in [0.1, 0.15) is 16.2 Å². The van der Waals surface area contributed by atoms with Crippen LogP contribution in [-0.4, -0.2) is 29.8 Å². The molecule has 1 aromatic carbocycles. The van der Waals surface area contributed by atoms with Crippen LogP contribution in [0.2, 0.25) is 4.34 Å². The summed E-state index contributed by atoms with van der Waals surface area (Å²) >= 11 is 7.06. The second-order valence-corrected chi connectivity index (χ2v) is 6.60. The maximum absolute atomic E-state index is 8.89. The quantitative estimate of drug-likeness (QED) is 0.581. The van der Waals surface area contributed by atoms with Crippen LogP contribution in [0.25, 0.3) is 0 Å². The van der Waals surface area contributed by atoms with E-state index in [0.717, 1.165) is 34.7 Å². The Kier molecular flexibility index (Phi) is 5.59. The lowest BCUT2D eigenvalue weighted by Gasteiger charge is -2.11. The van der Waals surface area contributed by atoms with E-state index in [-0.39, 0.29) is 5.69 Å². The molecule has 5 nitrogen and oxygen atoms in total. The number of nitriles is 1. The number of aliphatic imine (C=N–C) groups is 1. The average molecular weight is 349 g/mol. The SMILES string of the molecule is CCN(C)/C=N/c1cc(C)c(Oc2nc(C#N)c(Cl)s2)cc1C. The molecule has 0 unspecified atom stereocenters. The number of nitrogens with zero attached hydrogens (tertiary/aromatic N) is 4. The van der Waals surface area contributed by atoms with Gasteiger partial charge in [-0.2, -0.15) is 10.2 Å². The highest BCUT2D eigenvalue weighted by Gasteiger charge is 2.12. The van der Waals surface area contributed by atoms with Gasteiger partial charge < -0.3 is 9.64 Å². The molecule has 1 heterocycles. The van der Waals surface area contributed by atoms with Gasteiger partial charge in [-0.15, -0.1) is 0 Å². The van der Waals surface area contributed by atoms with Crippen molar-refractivity contribution in [2.45, 2.75) is 20.8 Å². The summed E-state index contributed by atoms with van der Waals surface area (Å²) in [6.45, 7) is 6.88. The Morgan fingerprint density at radius 3 is 2.78 bits per heavy atom. The van der Waals surface area contributed by atoms with Gasteiger partial charge in [-0.05, 0) is 44.0 Å². The molecular formula is C16H17ClN4OS. The van der Waals surface area contributed by atoms with Crippen molar-refractivity contribution in [3.8, 4) is 17.0 Å². The van der Waals surface area contributed by atoms with Crippen molar-refractivity contribution in [2.75, 3.05) is 13.6 Å². The van der Waals surface area contributed by atoms with Crippen LogP contribution >= 0.6 is 22.9 Å². The topological polar surface area (TPSA) is 61.5 Å². The smallest absolute Gasteiger partial charge is 0.281 e. The summed E-state index contributed by atoms with van der Waals surface area (Å²) in [7, 11) is 1.97. The lowest BCUT2D eigenvalue weighted by molar-refractivity contribution is 0.474. The first-order valence-corrected chi connectivity index (χ1v) is 8.24. The lowest BCUT2D eigenvalue weighted by atomic mass is 10.1. The van der Waals surface area contributed by atoms with Crippen LogP contribution in [0, 0.1) is 25.2 Å². The summed E-state index contributed by atoms with van der Waals surface area (Å²) in [5.41, 5.74) is 3.01. The van der Waals surface area contributed by atoms with E-state index in [2.05, 4.69) is 16.9 Å². The minimum absolute atomic E-state index is 0.185. The second kappa shape index (κ2) is 7.44. The van der Waals surface area contributed by atoms with Gasteiger partial charge in [0.15, 0.2) is 5.69 Å². The molecular weight excluding hydrogens is 332 g/mol. The predicted octanol–water partition coefficient (Wildman–Crippen LogP) is 4.69. The first-order valence-electron chi connectivity index (χ1n) is 7.04. The Morgan fingerprint density at radius 2 is 2.17 bits per heavy atom. The van der Waals surface area contributed by atoms with E-state index in [4.69, 9.17) is 21.6 Å². The van der Waals surface area contributed by atoms with Gasteiger partial charge in [-0.25, -0.2) is 4.99 Å². The fraction of sp³-hybridized carbons (Fsp3) is 0.312. The van der Waals surface area contributed by atoms with Crippen LogP contribution in [0.4, 0.5) is 5.69 Å². The van der Waals surface area contributed by atoms with E-state index in [1.165, 1.54) is 0 Å². The Bertz CT molecular complexity index is 779. The molecule has 0 bridgehead atoms. The zero-order valence-corrected chi connectivity index (χ0v) is 15.0. The summed E-state index contributed by atoms with van der Waals surface area (Å²) in [5.74, 6) is 0.681. The highest BCUT2D eigenvalue weighted by Crippen LogP contribution is 2.35. The van der Waals surface area contributed by atoms with E-state index in [1.807, 2.05) is 50.3 Å². The molecule has 120 valence electrons. The third kappa shape index (κ3) is 4.21. The summed E-state index contributed by atoms with van der Waals surface area (Å²) in [6, 6.07) is 5.81. The van der Waals surface area contributed by atoms with Gasteiger partial charge in [-0.1, -0.05) is 22.9 Å². The summed E-state index contributed by atoms with van der Waals surface area (Å²) in [4.78, 5) is 10.5. The summed E-state index contributed by atoms with van der Waals surface area (Å²) < 4.78 is 6.10. The van der Waals surface area contributed by atoms with Crippen molar-refractivity contribution >= 4 is 35.0 Å². The largest absolute Gasteiger partial charge is 0.431 e. The van der Waals surface area contributed by atoms with Crippen LogP contribution < -0.4 is 4.74 Å². The number of hydrogen-bond acceptors (Lipinski definition) is 5. The molecule has 0 saturated heterocycles. The van der Waals surface area contributed by atoms with E-state index < -0.39 is 0 Å². The highest BCUT2D eigenvalue weighted by molar-refractivity contribution is 7.17. The normalized spacial score (nSPS) is 10.8. The molecule has 0 saturated carbocycles. The first-order chi connectivity index (χ1) is 10.9. The number of ether oxygens (including phenoxy) is 1. The number of halogens is 1. The van der Waals surface area contributed by atoms with Gasteiger partial charge in [-0.3, -0.25) is 0 Å². The Balaban J connectivity index is 2.26. The minimum Gasteiger partial charge on any atom is -0.431 e. The van der Waals surface area contributed by atoms with E-state index in [1.54, 1.807) is 0 Å². The molecule has 2 aromatic rings. The van der Waals surface area contributed by atoms with Crippen molar-refractivity contribution in [1.82, 2.24) is 9.88 Å². The van der Waals surface area contributed by atoms with Gasteiger partial charge >= 0.3 is 0 Å².